The highest BCUT2D eigenvalue weighted by molar-refractivity contribution is 7.91. The molecule has 7 heteroatoms. The molecular weight excluding hydrogens is 414 g/mol. The van der Waals surface area contributed by atoms with E-state index in [2.05, 4.69) is 12.1 Å². The van der Waals surface area contributed by atoms with Crippen molar-refractivity contribution in [2.75, 3.05) is 0 Å². The molecule has 0 radical (unpaired) electrons. The summed E-state index contributed by atoms with van der Waals surface area (Å²) < 4.78 is 26.1. The maximum Gasteiger partial charge on any atom is 0.329 e. The second-order valence-corrected chi connectivity index (χ2v) is 10.1. The van der Waals surface area contributed by atoms with Gasteiger partial charge in [0.1, 0.15) is 0 Å². The van der Waals surface area contributed by atoms with Crippen molar-refractivity contribution in [2.45, 2.75) is 56.6 Å². The number of aryl methyl sites for hydroxylation is 1. The topological polar surface area (TPSA) is 80.8 Å². The first-order chi connectivity index (χ1) is 14.9. The third-order valence-corrected chi connectivity index (χ3v) is 7.48. The largest absolute Gasteiger partial charge is 0.337 e. The minimum absolute atomic E-state index is 0.197. The highest BCUT2D eigenvalue weighted by Gasteiger charge is 2.56. The number of hydrogen-bond donors (Lipinski definition) is 0. The molecule has 166 valence electrons. The van der Waals surface area contributed by atoms with Gasteiger partial charge in [0.2, 0.25) is 0 Å². The minimum Gasteiger partial charge on any atom is -0.337 e. The minimum atomic E-state index is -3.71. The molecule has 0 saturated carbocycles. The van der Waals surface area contributed by atoms with Crippen molar-refractivity contribution in [3.63, 3.8) is 0 Å². The Morgan fingerprint density at radius 3 is 2.10 bits per heavy atom. The average Bonchev–Trinajstić information content (AvgIpc) is 2.74. The van der Waals surface area contributed by atoms with Crippen LogP contribution in [0.1, 0.15) is 50.2 Å². The van der Waals surface area contributed by atoms with Gasteiger partial charge in [-0.25, -0.2) is 8.42 Å². The van der Waals surface area contributed by atoms with Gasteiger partial charge < -0.3 is 4.84 Å². The molecule has 1 amide bonds. The van der Waals surface area contributed by atoms with Gasteiger partial charge in [-0.15, -0.1) is 0 Å². The average molecular weight is 444 g/mol. The number of carbonyl (C=O) groups is 2. The van der Waals surface area contributed by atoms with Crippen LogP contribution in [0, 0.1) is 5.92 Å². The van der Waals surface area contributed by atoms with Crippen LogP contribution in [0.5, 0.6) is 0 Å². The van der Waals surface area contributed by atoms with Crippen LogP contribution in [0.25, 0.3) is 0 Å². The van der Waals surface area contributed by atoms with Gasteiger partial charge in [0.15, 0.2) is 15.2 Å². The number of carbonyl (C=O) groups excluding carboxylic acids is 2. The lowest BCUT2D eigenvalue weighted by atomic mass is 9.93. The van der Waals surface area contributed by atoms with E-state index in [0.717, 1.165) is 44.1 Å². The Labute approximate surface area is 184 Å². The number of β-lactam (4-membered cyclic amide) rings is 1. The summed E-state index contributed by atoms with van der Waals surface area (Å²) in [5.74, 6) is -1.99. The SMILES string of the molecule is CC(=O)ON1C(=O)C(CCCCCCc2ccccc2)C1S(=O)(=O)Cc1ccccc1. The number of hydrogen-bond acceptors (Lipinski definition) is 5. The first kappa shape index (κ1) is 23.0. The van der Waals surface area contributed by atoms with Crippen molar-refractivity contribution in [2.24, 2.45) is 5.92 Å². The van der Waals surface area contributed by atoms with Crippen LogP contribution in [-0.4, -0.2) is 30.7 Å². The lowest BCUT2D eigenvalue weighted by molar-refractivity contribution is -0.226. The molecular formula is C24H29NO5S. The highest BCUT2D eigenvalue weighted by atomic mass is 32.2. The van der Waals surface area contributed by atoms with E-state index >= 15 is 0 Å². The first-order valence-electron chi connectivity index (χ1n) is 10.7. The molecule has 1 heterocycles. The zero-order valence-corrected chi connectivity index (χ0v) is 18.6. The number of hydroxylamine groups is 2. The lowest BCUT2D eigenvalue weighted by Crippen LogP contribution is -2.64. The fourth-order valence-corrected chi connectivity index (χ4v) is 5.99. The molecule has 0 aromatic heterocycles. The molecule has 31 heavy (non-hydrogen) atoms. The third kappa shape index (κ3) is 6.17. The molecule has 2 aromatic rings. The van der Waals surface area contributed by atoms with Crippen molar-refractivity contribution in [3.8, 4) is 0 Å². The van der Waals surface area contributed by atoms with Gasteiger partial charge >= 0.3 is 5.97 Å². The first-order valence-corrected chi connectivity index (χ1v) is 12.4. The van der Waals surface area contributed by atoms with E-state index in [1.165, 1.54) is 5.56 Å². The summed E-state index contributed by atoms with van der Waals surface area (Å²) in [6.07, 6.45) is 5.24. The molecule has 2 atom stereocenters. The number of sulfone groups is 1. The van der Waals surface area contributed by atoms with Crippen molar-refractivity contribution in [3.05, 3.63) is 71.8 Å². The van der Waals surface area contributed by atoms with Crippen molar-refractivity contribution < 1.29 is 22.8 Å². The Morgan fingerprint density at radius 1 is 0.903 bits per heavy atom. The van der Waals surface area contributed by atoms with Crippen molar-refractivity contribution >= 4 is 21.7 Å². The molecule has 0 aliphatic carbocycles. The summed E-state index contributed by atoms with van der Waals surface area (Å²) in [5.41, 5.74) is 1.95. The molecule has 1 aliphatic rings. The Morgan fingerprint density at radius 2 is 1.48 bits per heavy atom. The van der Waals surface area contributed by atoms with E-state index in [1.807, 2.05) is 24.3 Å². The molecule has 2 unspecified atom stereocenters. The third-order valence-electron chi connectivity index (χ3n) is 5.49. The predicted octanol–water partition coefficient (Wildman–Crippen LogP) is 4.06. The molecule has 3 rings (SSSR count). The molecule has 0 N–H and O–H groups in total. The van der Waals surface area contributed by atoms with Gasteiger partial charge in [-0.3, -0.25) is 9.59 Å². The number of unbranched alkanes of at least 4 members (excludes halogenated alkanes) is 3. The van der Waals surface area contributed by atoms with Crippen LogP contribution < -0.4 is 0 Å². The van der Waals surface area contributed by atoms with Crippen molar-refractivity contribution in [1.82, 2.24) is 5.06 Å². The Balaban J connectivity index is 1.54. The van der Waals surface area contributed by atoms with Crippen LogP contribution in [0.4, 0.5) is 0 Å². The van der Waals surface area contributed by atoms with Gasteiger partial charge in [-0.2, -0.15) is 5.06 Å². The predicted molar refractivity (Wildman–Crippen MR) is 118 cm³/mol. The zero-order chi connectivity index (χ0) is 22.3. The zero-order valence-electron chi connectivity index (χ0n) is 17.8. The van der Waals surface area contributed by atoms with Crippen LogP contribution in [0.2, 0.25) is 0 Å². The van der Waals surface area contributed by atoms with E-state index < -0.39 is 33.0 Å². The summed E-state index contributed by atoms with van der Waals surface area (Å²) in [4.78, 5) is 28.8. The van der Waals surface area contributed by atoms with Crippen LogP contribution in [0.15, 0.2) is 60.7 Å². The summed E-state index contributed by atoms with van der Waals surface area (Å²) in [5, 5.41) is -0.367. The standard InChI is InChI=1S/C24H29NO5S/c1-19(26)30-25-23(27)22(17-11-3-2-6-12-20-13-7-4-8-14-20)24(25)31(28,29)18-21-15-9-5-10-16-21/h4-5,7-10,13-16,22,24H,2-3,6,11-12,17-18H2,1H3. The molecule has 0 spiro atoms. The summed E-state index contributed by atoms with van der Waals surface area (Å²) in [6.45, 7) is 1.16. The number of amides is 1. The number of nitrogens with zero attached hydrogens (tertiary/aromatic N) is 1. The van der Waals surface area contributed by atoms with E-state index in [0.29, 0.717) is 12.0 Å². The highest BCUT2D eigenvalue weighted by Crippen LogP contribution is 2.36. The fourth-order valence-electron chi connectivity index (χ4n) is 3.97. The van der Waals surface area contributed by atoms with Crippen LogP contribution in [0.3, 0.4) is 0 Å². The van der Waals surface area contributed by atoms with E-state index in [4.69, 9.17) is 4.84 Å². The maximum absolute atomic E-state index is 13.0. The molecule has 0 bridgehead atoms. The Bertz CT molecular complexity index is 976. The van der Waals surface area contributed by atoms with Crippen LogP contribution in [-0.2, 0) is 36.4 Å². The Hall–Kier alpha value is -2.67. The molecule has 1 fully saturated rings. The fraction of sp³-hybridized carbons (Fsp3) is 0.417. The van der Waals surface area contributed by atoms with Gasteiger partial charge in [-0.05, 0) is 30.4 Å². The summed E-state index contributed by atoms with van der Waals surface area (Å²) in [6, 6.07) is 19.1. The smallest absolute Gasteiger partial charge is 0.329 e. The van der Waals surface area contributed by atoms with Gasteiger partial charge in [0.05, 0.1) is 11.7 Å². The Kier molecular flexibility index (Phi) is 7.85. The molecule has 1 saturated heterocycles. The second kappa shape index (κ2) is 10.6. The lowest BCUT2D eigenvalue weighted by Gasteiger charge is -2.43. The number of benzene rings is 2. The summed E-state index contributed by atoms with van der Waals surface area (Å²) >= 11 is 0. The molecule has 2 aromatic carbocycles. The monoisotopic (exact) mass is 443 g/mol. The van der Waals surface area contributed by atoms with E-state index in [1.54, 1.807) is 24.3 Å². The summed E-state index contributed by atoms with van der Waals surface area (Å²) in [7, 11) is -3.71. The maximum atomic E-state index is 13.0. The van der Waals surface area contributed by atoms with E-state index in [-0.39, 0.29) is 5.75 Å². The molecule has 1 aliphatic heterocycles. The quantitative estimate of drug-likeness (QED) is 0.386. The van der Waals surface area contributed by atoms with Crippen LogP contribution >= 0.6 is 0 Å². The second-order valence-electron chi connectivity index (χ2n) is 7.98. The molecule has 6 nitrogen and oxygen atoms in total. The van der Waals surface area contributed by atoms with E-state index in [9.17, 15) is 18.0 Å². The van der Waals surface area contributed by atoms with Gasteiger partial charge in [-0.1, -0.05) is 79.9 Å². The number of rotatable bonds is 11. The van der Waals surface area contributed by atoms with Gasteiger partial charge in [0.25, 0.3) is 5.91 Å². The van der Waals surface area contributed by atoms with Gasteiger partial charge in [0, 0.05) is 6.92 Å². The van der Waals surface area contributed by atoms with Crippen molar-refractivity contribution in [1.29, 1.82) is 0 Å². The normalized spacial score (nSPS) is 18.5.